The first-order valence-electron chi connectivity index (χ1n) is 8.47. The Morgan fingerprint density at radius 1 is 1.12 bits per heavy atom. The lowest BCUT2D eigenvalue weighted by molar-refractivity contribution is -0.114. The van der Waals surface area contributed by atoms with Crippen LogP contribution in [0.5, 0.6) is 0 Å². The zero-order chi connectivity index (χ0) is 18.5. The second kappa shape index (κ2) is 8.25. The number of carbonyl (C=O) groups is 1. The fourth-order valence-electron chi connectivity index (χ4n) is 2.70. The Morgan fingerprint density at radius 3 is 2.62 bits per heavy atom. The molecule has 26 heavy (non-hydrogen) atoms. The van der Waals surface area contributed by atoms with Crippen molar-refractivity contribution in [3.8, 4) is 10.4 Å². The van der Waals surface area contributed by atoms with Gasteiger partial charge in [-0.1, -0.05) is 24.3 Å². The smallest absolute Gasteiger partial charge is 0.221 e. The van der Waals surface area contributed by atoms with Gasteiger partial charge in [-0.05, 0) is 54.4 Å². The van der Waals surface area contributed by atoms with Crippen LogP contribution in [-0.4, -0.2) is 5.91 Å². The Kier molecular flexibility index (Phi) is 5.81. The molecule has 0 aliphatic heterocycles. The van der Waals surface area contributed by atoms with Gasteiger partial charge in [0.2, 0.25) is 5.91 Å². The molecule has 0 radical (unpaired) electrons. The number of amides is 1. The summed E-state index contributed by atoms with van der Waals surface area (Å²) in [5.41, 5.74) is 2.95. The molecule has 0 saturated carbocycles. The van der Waals surface area contributed by atoms with Crippen LogP contribution < -0.4 is 10.6 Å². The zero-order valence-electron chi connectivity index (χ0n) is 14.8. The van der Waals surface area contributed by atoms with Crippen molar-refractivity contribution in [2.45, 2.75) is 26.4 Å². The molecule has 0 aliphatic carbocycles. The van der Waals surface area contributed by atoms with Crippen molar-refractivity contribution < 1.29 is 9.18 Å². The average molecular weight is 368 g/mol. The lowest BCUT2D eigenvalue weighted by Gasteiger charge is -2.15. The highest BCUT2D eigenvalue weighted by Crippen LogP contribution is 2.28. The number of nitrogens with one attached hydrogen (secondary N) is 2. The van der Waals surface area contributed by atoms with E-state index in [4.69, 9.17) is 0 Å². The molecular weight excluding hydrogens is 347 g/mol. The number of rotatable bonds is 6. The number of hydrogen-bond acceptors (Lipinski definition) is 3. The Morgan fingerprint density at radius 2 is 1.88 bits per heavy atom. The fraction of sp³-hybridized carbons (Fsp3) is 0.190. The maximum absolute atomic E-state index is 13.0. The SMILES string of the molecule is CC(=O)Nc1cccc(C(C)NCc2ccc(-c3ccc(F)cc3)s2)c1. The van der Waals surface area contributed by atoms with Gasteiger partial charge >= 0.3 is 0 Å². The van der Waals surface area contributed by atoms with Crippen LogP contribution in [0.4, 0.5) is 10.1 Å². The minimum atomic E-state index is -0.220. The van der Waals surface area contributed by atoms with Crippen molar-refractivity contribution in [1.82, 2.24) is 5.32 Å². The quantitative estimate of drug-likeness (QED) is 0.615. The largest absolute Gasteiger partial charge is 0.326 e. The topological polar surface area (TPSA) is 41.1 Å². The standard InChI is InChI=1S/C21H21FN2OS/c1-14(17-4-3-5-19(12-17)24-15(2)25)23-13-20-10-11-21(26-20)16-6-8-18(22)9-7-16/h3-12,14,23H,13H2,1-2H3,(H,24,25). The molecule has 1 amide bonds. The third kappa shape index (κ3) is 4.77. The molecule has 0 saturated heterocycles. The number of benzene rings is 2. The summed E-state index contributed by atoms with van der Waals surface area (Å²) >= 11 is 1.70. The summed E-state index contributed by atoms with van der Waals surface area (Å²) in [5, 5.41) is 6.32. The van der Waals surface area contributed by atoms with E-state index in [0.717, 1.165) is 28.2 Å². The molecule has 0 fully saturated rings. The molecule has 1 atom stereocenters. The van der Waals surface area contributed by atoms with Crippen LogP contribution >= 0.6 is 11.3 Å². The van der Waals surface area contributed by atoms with E-state index in [1.54, 1.807) is 23.5 Å². The molecule has 2 N–H and O–H groups in total. The highest BCUT2D eigenvalue weighted by atomic mass is 32.1. The van der Waals surface area contributed by atoms with Gasteiger partial charge in [-0.25, -0.2) is 4.39 Å². The predicted molar refractivity (Wildman–Crippen MR) is 106 cm³/mol. The highest BCUT2D eigenvalue weighted by molar-refractivity contribution is 7.15. The molecule has 134 valence electrons. The summed E-state index contributed by atoms with van der Waals surface area (Å²) in [6.45, 7) is 4.35. The molecule has 0 bridgehead atoms. The van der Waals surface area contributed by atoms with E-state index in [1.807, 2.05) is 24.3 Å². The van der Waals surface area contributed by atoms with Crippen LogP contribution in [0.3, 0.4) is 0 Å². The van der Waals surface area contributed by atoms with Crippen LogP contribution in [0.25, 0.3) is 10.4 Å². The second-order valence-corrected chi connectivity index (χ2v) is 7.35. The normalized spacial score (nSPS) is 12.0. The molecule has 1 aromatic heterocycles. The minimum absolute atomic E-state index is 0.0744. The van der Waals surface area contributed by atoms with Gasteiger partial charge in [-0.3, -0.25) is 4.79 Å². The number of thiophene rings is 1. The van der Waals surface area contributed by atoms with Gasteiger partial charge in [0.05, 0.1) is 0 Å². The van der Waals surface area contributed by atoms with E-state index in [2.05, 4.69) is 29.7 Å². The van der Waals surface area contributed by atoms with E-state index in [-0.39, 0.29) is 17.8 Å². The van der Waals surface area contributed by atoms with Gasteiger partial charge < -0.3 is 10.6 Å². The van der Waals surface area contributed by atoms with Crippen LogP contribution in [0.2, 0.25) is 0 Å². The number of hydrogen-bond donors (Lipinski definition) is 2. The Hall–Kier alpha value is -2.50. The fourth-order valence-corrected chi connectivity index (χ4v) is 3.67. The summed E-state index contributed by atoms with van der Waals surface area (Å²) in [5.74, 6) is -0.294. The molecule has 0 aliphatic rings. The van der Waals surface area contributed by atoms with Crippen molar-refractivity contribution in [3.05, 3.63) is 76.9 Å². The third-order valence-electron chi connectivity index (χ3n) is 4.08. The van der Waals surface area contributed by atoms with Crippen molar-refractivity contribution >= 4 is 22.9 Å². The second-order valence-electron chi connectivity index (χ2n) is 6.18. The summed E-state index contributed by atoms with van der Waals surface area (Å²) in [7, 11) is 0. The first-order chi connectivity index (χ1) is 12.5. The molecule has 3 aromatic rings. The highest BCUT2D eigenvalue weighted by Gasteiger charge is 2.08. The molecule has 3 nitrogen and oxygen atoms in total. The van der Waals surface area contributed by atoms with E-state index in [1.165, 1.54) is 23.9 Å². The first kappa shape index (κ1) is 18.3. The number of halogens is 1. The van der Waals surface area contributed by atoms with Crippen LogP contribution in [0, 0.1) is 5.82 Å². The maximum Gasteiger partial charge on any atom is 0.221 e. The van der Waals surface area contributed by atoms with Gasteiger partial charge in [0.15, 0.2) is 0 Å². The van der Waals surface area contributed by atoms with Gasteiger partial charge in [-0.2, -0.15) is 0 Å². The van der Waals surface area contributed by atoms with E-state index in [0.29, 0.717) is 0 Å². The van der Waals surface area contributed by atoms with Crippen molar-refractivity contribution in [1.29, 1.82) is 0 Å². The summed E-state index contributed by atoms with van der Waals surface area (Å²) in [6.07, 6.45) is 0. The average Bonchev–Trinajstić information content (AvgIpc) is 3.09. The summed E-state index contributed by atoms with van der Waals surface area (Å²) < 4.78 is 13.0. The molecule has 3 rings (SSSR count). The lowest BCUT2D eigenvalue weighted by atomic mass is 10.1. The molecule has 1 heterocycles. The lowest BCUT2D eigenvalue weighted by Crippen LogP contribution is -2.17. The van der Waals surface area contributed by atoms with Crippen molar-refractivity contribution in [2.75, 3.05) is 5.32 Å². The summed E-state index contributed by atoms with van der Waals surface area (Å²) in [6, 6.07) is 18.7. The monoisotopic (exact) mass is 368 g/mol. The van der Waals surface area contributed by atoms with Gasteiger partial charge in [0, 0.05) is 35.0 Å². The van der Waals surface area contributed by atoms with Crippen LogP contribution in [-0.2, 0) is 11.3 Å². The van der Waals surface area contributed by atoms with Gasteiger partial charge in [-0.15, -0.1) is 11.3 Å². The van der Waals surface area contributed by atoms with Gasteiger partial charge in [0.1, 0.15) is 5.82 Å². The Balaban J connectivity index is 1.62. The third-order valence-corrected chi connectivity index (χ3v) is 5.21. The summed E-state index contributed by atoms with van der Waals surface area (Å²) in [4.78, 5) is 13.5. The van der Waals surface area contributed by atoms with E-state index < -0.39 is 0 Å². The molecule has 1 unspecified atom stereocenters. The van der Waals surface area contributed by atoms with Crippen LogP contribution in [0.1, 0.15) is 30.3 Å². The molecule has 0 spiro atoms. The maximum atomic E-state index is 13.0. The molecule has 5 heteroatoms. The Labute approximate surface area is 156 Å². The molecule has 2 aromatic carbocycles. The van der Waals surface area contributed by atoms with Gasteiger partial charge in [0.25, 0.3) is 0 Å². The van der Waals surface area contributed by atoms with Crippen molar-refractivity contribution in [2.24, 2.45) is 0 Å². The predicted octanol–water partition coefficient (Wildman–Crippen LogP) is 5.36. The first-order valence-corrected chi connectivity index (χ1v) is 9.28. The van der Waals surface area contributed by atoms with E-state index >= 15 is 0 Å². The zero-order valence-corrected chi connectivity index (χ0v) is 15.6. The van der Waals surface area contributed by atoms with Crippen LogP contribution in [0.15, 0.2) is 60.7 Å². The minimum Gasteiger partial charge on any atom is -0.326 e. The Bertz CT molecular complexity index is 889. The van der Waals surface area contributed by atoms with E-state index in [9.17, 15) is 9.18 Å². The molecular formula is C21H21FN2OS. The number of carbonyl (C=O) groups excluding carboxylic acids is 1. The number of anilines is 1. The van der Waals surface area contributed by atoms with Crippen molar-refractivity contribution in [3.63, 3.8) is 0 Å².